The third-order valence-corrected chi connectivity index (χ3v) is 2.18. The molecule has 0 spiro atoms. The van der Waals surface area contributed by atoms with Crippen LogP contribution in [0.5, 0.6) is 0 Å². The minimum atomic E-state index is 0.161. The van der Waals surface area contributed by atoms with Crippen LogP contribution < -0.4 is 0 Å². The monoisotopic (exact) mass is 141 g/mol. The van der Waals surface area contributed by atoms with Gasteiger partial charge in [0.1, 0.15) is 6.10 Å². The lowest BCUT2D eigenvalue weighted by molar-refractivity contribution is 0.118. The minimum Gasteiger partial charge on any atom is -0.454 e. The van der Waals surface area contributed by atoms with Gasteiger partial charge < -0.3 is 4.74 Å². The summed E-state index contributed by atoms with van der Waals surface area (Å²) in [5.74, 6) is 0.812. The molecule has 1 radical (unpaired) electrons. The van der Waals surface area contributed by atoms with Crippen molar-refractivity contribution in [3.05, 3.63) is 0 Å². The van der Waals surface area contributed by atoms with E-state index < -0.39 is 0 Å². The molecule has 0 saturated heterocycles. The Balaban J connectivity index is 2.19. The molecule has 0 N–H and O–H groups in total. The molecule has 1 fully saturated rings. The fourth-order valence-electron chi connectivity index (χ4n) is 1.42. The molecule has 0 bridgehead atoms. The maximum atomic E-state index is 9.81. The molecule has 0 aliphatic heterocycles. The maximum absolute atomic E-state index is 9.81. The Morgan fingerprint density at radius 1 is 1.30 bits per heavy atom. The average Bonchev–Trinajstić information content (AvgIpc) is 1.95. The van der Waals surface area contributed by atoms with Crippen LogP contribution >= 0.6 is 0 Å². The molecule has 1 saturated carbocycles. The Kier molecular flexibility index (Phi) is 2.72. The van der Waals surface area contributed by atoms with E-state index in [-0.39, 0.29) is 6.10 Å². The van der Waals surface area contributed by atoms with Crippen molar-refractivity contribution in [1.29, 1.82) is 0 Å². The molecule has 0 aromatic carbocycles. The molecule has 1 rings (SSSR count). The van der Waals surface area contributed by atoms with E-state index in [0.29, 0.717) is 0 Å². The molecule has 0 atom stereocenters. The first kappa shape index (κ1) is 7.58. The normalized spacial score (nSPS) is 33.3. The van der Waals surface area contributed by atoms with Crippen molar-refractivity contribution in [1.82, 2.24) is 0 Å². The molecule has 1 aliphatic rings. The molecule has 0 aromatic heterocycles. The van der Waals surface area contributed by atoms with Gasteiger partial charge in [0.05, 0.1) is 0 Å². The summed E-state index contributed by atoms with van der Waals surface area (Å²) in [6, 6.07) is 0. The number of rotatable bonds is 2. The quantitative estimate of drug-likeness (QED) is 0.584. The van der Waals surface area contributed by atoms with Crippen LogP contribution in [-0.4, -0.2) is 12.6 Å². The molecule has 0 heterocycles. The molecule has 2 heteroatoms. The van der Waals surface area contributed by atoms with E-state index in [1.54, 1.807) is 0 Å². The van der Waals surface area contributed by atoms with E-state index in [9.17, 15) is 4.79 Å². The predicted molar refractivity (Wildman–Crippen MR) is 38.2 cm³/mol. The largest absolute Gasteiger partial charge is 0.454 e. The Morgan fingerprint density at radius 2 is 1.90 bits per heavy atom. The first-order chi connectivity index (χ1) is 4.83. The van der Waals surface area contributed by atoms with Crippen LogP contribution in [0.25, 0.3) is 0 Å². The molecule has 10 heavy (non-hydrogen) atoms. The lowest BCUT2D eigenvalue weighted by Crippen LogP contribution is -2.19. The third-order valence-electron chi connectivity index (χ3n) is 2.18. The lowest BCUT2D eigenvalue weighted by atomic mass is 9.89. The summed E-state index contributed by atoms with van der Waals surface area (Å²) < 4.78 is 4.73. The number of hydrogen-bond donors (Lipinski definition) is 0. The molecule has 57 valence electrons. The highest BCUT2D eigenvalue weighted by Crippen LogP contribution is 2.24. The highest BCUT2D eigenvalue weighted by molar-refractivity contribution is 5.38. The Hall–Kier alpha value is -0.530. The van der Waals surface area contributed by atoms with Crippen LogP contribution in [0, 0.1) is 5.92 Å². The molecule has 0 amide bonds. The van der Waals surface area contributed by atoms with Gasteiger partial charge >= 0.3 is 6.47 Å². The van der Waals surface area contributed by atoms with Gasteiger partial charge in [-0.3, -0.25) is 0 Å². The van der Waals surface area contributed by atoms with E-state index in [2.05, 4.69) is 6.92 Å². The maximum Gasteiger partial charge on any atom is 0.417 e. The zero-order chi connectivity index (χ0) is 7.40. The first-order valence-electron chi connectivity index (χ1n) is 3.85. The van der Waals surface area contributed by atoms with Crippen LogP contribution in [0.15, 0.2) is 0 Å². The second kappa shape index (κ2) is 3.59. The van der Waals surface area contributed by atoms with Gasteiger partial charge in [0, 0.05) is 0 Å². The zero-order valence-corrected chi connectivity index (χ0v) is 6.30. The van der Waals surface area contributed by atoms with Crippen molar-refractivity contribution in [2.24, 2.45) is 5.92 Å². The van der Waals surface area contributed by atoms with Gasteiger partial charge in [-0.1, -0.05) is 6.92 Å². The first-order valence-corrected chi connectivity index (χ1v) is 3.85. The SMILES string of the molecule is CC1CCC(O[C]=O)CC1. The van der Waals surface area contributed by atoms with Crippen LogP contribution in [-0.2, 0) is 9.53 Å². The van der Waals surface area contributed by atoms with Gasteiger partial charge in [0.2, 0.25) is 0 Å². The van der Waals surface area contributed by atoms with Crippen molar-refractivity contribution >= 4 is 6.47 Å². The smallest absolute Gasteiger partial charge is 0.417 e. The van der Waals surface area contributed by atoms with Gasteiger partial charge in [-0.15, -0.1) is 0 Å². The van der Waals surface area contributed by atoms with Crippen LogP contribution in [0.4, 0.5) is 0 Å². The van der Waals surface area contributed by atoms with Gasteiger partial charge in [-0.05, 0) is 31.6 Å². The Bertz CT molecular complexity index is 104. The topological polar surface area (TPSA) is 26.3 Å². The van der Waals surface area contributed by atoms with E-state index in [4.69, 9.17) is 4.74 Å². The van der Waals surface area contributed by atoms with E-state index in [0.717, 1.165) is 18.8 Å². The molecule has 0 aromatic rings. The van der Waals surface area contributed by atoms with Crippen LogP contribution in [0.1, 0.15) is 32.6 Å². The summed E-state index contributed by atoms with van der Waals surface area (Å²) in [6.45, 7) is 3.74. The fraction of sp³-hybridized carbons (Fsp3) is 0.875. The van der Waals surface area contributed by atoms with E-state index >= 15 is 0 Å². The van der Waals surface area contributed by atoms with Gasteiger partial charge in [0.25, 0.3) is 0 Å². The predicted octanol–water partition coefficient (Wildman–Crippen LogP) is 1.65. The van der Waals surface area contributed by atoms with Crippen molar-refractivity contribution in [3.63, 3.8) is 0 Å². The van der Waals surface area contributed by atoms with Crippen molar-refractivity contribution in [2.75, 3.05) is 0 Å². The molecular formula is C8H13O2. The lowest BCUT2D eigenvalue weighted by Gasteiger charge is -2.23. The second-order valence-corrected chi connectivity index (χ2v) is 3.08. The highest BCUT2D eigenvalue weighted by atomic mass is 16.5. The molecule has 0 unspecified atom stereocenters. The fourth-order valence-corrected chi connectivity index (χ4v) is 1.42. The molecular weight excluding hydrogens is 128 g/mol. The zero-order valence-electron chi connectivity index (χ0n) is 6.30. The minimum absolute atomic E-state index is 0.161. The second-order valence-electron chi connectivity index (χ2n) is 3.08. The van der Waals surface area contributed by atoms with Crippen LogP contribution in [0.3, 0.4) is 0 Å². The summed E-state index contributed by atoms with van der Waals surface area (Å²) in [5.41, 5.74) is 0. The van der Waals surface area contributed by atoms with Crippen molar-refractivity contribution in [3.8, 4) is 0 Å². The number of hydrogen-bond acceptors (Lipinski definition) is 2. The standard InChI is InChI=1S/C8H13O2/c1-7-2-4-8(5-3-7)10-6-9/h7-8H,2-5H2,1H3. The van der Waals surface area contributed by atoms with E-state index in [1.165, 1.54) is 19.3 Å². The van der Waals surface area contributed by atoms with Crippen LogP contribution in [0.2, 0.25) is 0 Å². The summed E-state index contributed by atoms with van der Waals surface area (Å²) in [5, 5.41) is 0. The van der Waals surface area contributed by atoms with Gasteiger partial charge in [-0.25, -0.2) is 4.79 Å². The average molecular weight is 141 g/mol. The van der Waals surface area contributed by atoms with Gasteiger partial charge in [0.15, 0.2) is 0 Å². The Morgan fingerprint density at radius 3 is 2.40 bits per heavy atom. The van der Waals surface area contributed by atoms with Crippen molar-refractivity contribution in [2.45, 2.75) is 38.7 Å². The molecule has 2 nitrogen and oxygen atoms in total. The summed E-state index contributed by atoms with van der Waals surface area (Å²) >= 11 is 0. The number of ether oxygens (including phenoxy) is 1. The summed E-state index contributed by atoms with van der Waals surface area (Å²) in [6.07, 6.45) is 4.58. The Labute approximate surface area is 61.6 Å². The highest BCUT2D eigenvalue weighted by Gasteiger charge is 2.18. The number of carbonyl (C=O) groups excluding carboxylic acids is 1. The summed E-state index contributed by atoms with van der Waals surface area (Å²) in [4.78, 5) is 9.81. The summed E-state index contributed by atoms with van der Waals surface area (Å²) in [7, 11) is 0. The van der Waals surface area contributed by atoms with E-state index in [1.807, 2.05) is 0 Å². The van der Waals surface area contributed by atoms with Gasteiger partial charge in [-0.2, -0.15) is 0 Å². The van der Waals surface area contributed by atoms with Crippen molar-refractivity contribution < 1.29 is 9.53 Å². The third kappa shape index (κ3) is 2.01. The molecule has 1 aliphatic carbocycles.